The molecule has 0 radical (unpaired) electrons. The minimum Gasteiger partial charge on any atom is -0.481 e. The molecule has 0 aromatic heterocycles. The Kier molecular flexibility index (Phi) is 5.30. The van der Waals surface area contributed by atoms with Gasteiger partial charge < -0.3 is 19.6 Å². The number of rotatable bonds is 4. The molecule has 2 saturated heterocycles. The quantitative estimate of drug-likeness (QED) is 0.882. The molecular weight excluding hydrogens is 356 g/mol. The topological polar surface area (TPSA) is 70.1 Å². The number of likely N-dealkylation sites (tertiary alicyclic amines) is 1. The fourth-order valence-electron chi connectivity index (χ4n) is 4.08. The van der Waals surface area contributed by atoms with Gasteiger partial charge in [0.1, 0.15) is 0 Å². The highest BCUT2D eigenvalue weighted by atomic mass is 16.5. The van der Waals surface area contributed by atoms with Crippen molar-refractivity contribution in [3.8, 4) is 0 Å². The Morgan fingerprint density at radius 2 is 1.61 bits per heavy atom. The summed E-state index contributed by atoms with van der Waals surface area (Å²) in [5.74, 6) is -1.74. The maximum Gasteiger partial charge on any atom is 0.308 e. The van der Waals surface area contributed by atoms with Crippen LogP contribution in [0.25, 0.3) is 0 Å². The van der Waals surface area contributed by atoms with Crippen LogP contribution >= 0.6 is 0 Å². The molecule has 0 bridgehead atoms. The van der Waals surface area contributed by atoms with Gasteiger partial charge >= 0.3 is 5.97 Å². The molecule has 2 aliphatic heterocycles. The molecule has 1 amide bonds. The lowest BCUT2D eigenvalue weighted by Crippen LogP contribution is -2.36. The van der Waals surface area contributed by atoms with Gasteiger partial charge in [-0.2, -0.15) is 0 Å². The summed E-state index contributed by atoms with van der Waals surface area (Å²) in [6.07, 6.45) is 0. The van der Waals surface area contributed by atoms with Gasteiger partial charge in [0.05, 0.1) is 19.1 Å². The van der Waals surface area contributed by atoms with Gasteiger partial charge in [0.2, 0.25) is 0 Å². The first-order valence-electron chi connectivity index (χ1n) is 9.63. The van der Waals surface area contributed by atoms with Crippen molar-refractivity contribution in [3.63, 3.8) is 0 Å². The average molecular weight is 380 g/mol. The zero-order valence-corrected chi connectivity index (χ0v) is 15.7. The second-order valence-electron chi connectivity index (χ2n) is 7.32. The Bertz CT molecular complexity index is 831. The van der Waals surface area contributed by atoms with E-state index in [0.29, 0.717) is 25.3 Å². The zero-order chi connectivity index (χ0) is 19.5. The van der Waals surface area contributed by atoms with Crippen LogP contribution in [-0.2, 0) is 9.53 Å². The number of carboxylic acids is 1. The van der Waals surface area contributed by atoms with Crippen LogP contribution in [-0.4, -0.2) is 61.3 Å². The van der Waals surface area contributed by atoms with E-state index >= 15 is 0 Å². The van der Waals surface area contributed by atoms with E-state index in [9.17, 15) is 14.7 Å². The molecule has 2 heterocycles. The molecule has 2 fully saturated rings. The minimum atomic E-state index is -0.855. The van der Waals surface area contributed by atoms with Crippen molar-refractivity contribution >= 4 is 17.6 Å². The number of amides is 1. The number of aliphatic carboxylic acids is 1. The number of carbonyl (C=O) groups excluding carboxylic acids is 1. The molecule has 2 aliphatic rings. The Hall–Kier alpha value is -2.86. The monoisotopic (exact) mass is 380 g/mol. The Balaban J connectivity index is 1.49. The maximum atomic E-state index is 13.0. The summed E-state index contributed by atoms with van der Waals surface area (Å²) in [7, 11) is 0. The number of hydrogen-bond acceptors (Lipinski definition) is 4. The second kappa shape index (κ2) is 8.02. The summed E-state index contributed by atoms with van der Waals surface area (Å²) < 4.78 is 5.38. The predicted molar refractivity (Wildman–Crippen MR) is 106 cm³/mol. The fraction of sp³-hybridized carbons (Fsp3) is 0.364. The average Bonchev–Trinajstić information content (AvgIpc) is 3.20. The van der Waals surface area contributed by atoms with Gasteiger partial charge in [-0.1, -0.05) is 30.3 Å². The van der Waals surface area contributed by atoms with Crippen molar-refractivity contribution in [2.75, 3.05) is 44.3 Å². The largest absolute Gasteiger partial charge is 0.481 e. The summed E-state index contributed by atoms with van der Waals surface area (Å²) >= 11 is 0. The van der Waals surface area contributed by atoms with Crippen LogP contribution in [0.2, 0.25) is 0 Å². The summed E-state index contributed by atoms with van der Waals surface area (Å²) in [5.41, 5.74) is 2.63. The summed E-state index contributed by atoms with van der Waals surface area (Å²) in [6.45, 7) is 3.78. The molecule has 28 heavy (non-hydrogen) atoms. The van der Waals surface area contributed by atoms with Crippen molar-refractivity contribution < 1.29 is 19.4 Å². The van der Waals surface area contributed by atoms with Gasteiger partial charge in [-0.15, -0.1) is 0 Å². The molecule has 146 valence electrons. The molecule has 0 aliphatic carbocycles. The van der Waals surface area contributed by atoms with E-state index in [1.165, 1.54) is 0 Å². The number of morpholine rings is 1. The third kappa shape index (κ3) is 3.73. The molecule has 2 aromatic carbocycles. The highest BCUT2D eigenvalue weighted by Crippen LogP contribution is 2.33. The number of anilines is 1. The van der Waals surface area contributed by atoms with Crippen LogP contribution in [0.15, 0.2) is 54.6 Å². The third-order valence-electron chi connectivity index (χ3n) is 5.64. The van der Waals surface area contributed by atoms with Gasteiger partial charge in [0.25, 0.3) is 5.91 Å². The number of nitrogens with zero attached hydrogens (tertiary/aromatic N) is 2. The van der Waals surface area contributed by atoms with Crippen LogP contribution in [0.3, 0.4) is 0 Å². The third-order valence-corrected chi connectivity index (χ3v) is 5.64. The highest BCUT2D eigenvalue weighted by Gasteiger charge is 2.40. The van der Waals surface area contributed by atoms with Crippen molar-refractivity contribution in [2.45, 2.75) is 5.92 Å². The SMILES string of the molecule is O=C(O)[C@@H]1CN(C(=O)c2ccc(N3CCOCC3)cc2)C[C@@H]1c1ccccc1. The highest BCUT2D eigenvalue weighted by molar-refractivity contribution is 5.95. The van der Waals surface area contributed by atoms with Crippen molar-refractivity contribution in [1.29, 1.82) is 0 Å². The van der Waals surface area contributed by atoms with Crippen LogP contribution in [0.1, 0.15) is 21.8 Å². The minimum absolute atomic E-state index is 0.113. The molecule has 2 aromatic rings. The number of ether oxygens (including phenoxy) is 1. The van der Waals surface area contributed by atoms with Crippen molar-refractivity contribution in [1.82, 2.24) is 4.90 Å². The van der Waals surface area contributed by atoms with E-state index in [2.05, 4.69) is 4.90 Å². The molecule has 6 heteroatoms. The summed E-state index contributed by atoms with van der Waals surface area (Å²) in [6, 6.07) is 17.2. The van der Waals surface area contributed by atoms with Crippen LogP contribution < -0.4 is 4.90 Å². The van der Waals surface area contributed by atoms with Gasteiger partial charge in [0.15, 0.2) is 0 Å². The van der Waals surface area contributed by atoms with E-state index in [0.717, 1.165) is 24.3 Å². The number of hydrogen-bond donors (Lipinski definition) is 1. The molecule has 0 saturated carbocycles. The Morgan fingerprint density at radius 3 is 2.25 bits per heavy atom. The summed E-state index contributed by atoms with van der Waals surface area (Å²) in [5, 5.41) is 9.64. The van der Waals surface area contributed by atoms with E-state index in [4.69, 9.17) is 4.74 Å². The predicted octanol–water partition coefficient (Wildman–Crippen LogP) is 2.46. The molecule has 2 atom stereocenters. The van der Waals surface area contributed by atoms with Crippen LogP contribution in [0, 0.1) is 5.92 Å². The normalized spacial score (nSPS) is 22.3. The van der Waals surface area contributed by atoms with Gasteiger partial charge in [-0.3, -0.25) is 9.59 Å². The lowest BCUT2D eigenvalue weighted by atomic mass is 9.89. The van der Waals surface area contributed by atoms with Gasteiger partial charge in [0, 0.05) is 43.3 Å². The van der Waals surface area contributed by atoms with E-state index < -0.39 is 11.9 Å². The molecule has 1 N–H and O–H groups in total. The first-order chi connectivity index (χ1) is 13.6. The Morgan fingerprint density at radius 1 is 0.929 bits per heavy atom. The molecule has 0 unspecified atom stereocenters. The van der Waals surface area contributed by atoms with Crippen molar-refractivity contribution in [3.05, 3.63) is 65.7 Å². The van der Waals surface area contributed by atoms with E-state index in [1.54, 1.807) is 4.90 Å². The molecule has 4 rings (SSSR count). The fourth-order valence-corrected chi connectivity index (χ4v) is 4.08. The number of carboxylic acid groups (broad SMARTS) is 1. The first kappa shape index (κ1) is 18.5. The summed E-state index contributed by atoms with van der Waals surface area (Å²) in [4.78, 5) is 28.6. The Labute approximate surface area is 164 Å². The molecular formula is C22H24N2O4. The number of benzene rings is 2. The van der Waals surface area contributed by atoms with Crippen molar-refractivity contribution in [2.24, 2.45) is 5.92 Å². The molecule has 0 spiro atoms. The lowest BCUT2D eigenvalue weighted by molar-refractivity contribution is -0.141. The van der Waals surface area contributed by atoms with E-state index in [1.807, 2.05) is 54.6 Å². The van der Waals surface area contributed by atoms with Crippen LogP contribution in [0.4, 0.5) is 5.69 Å². The first-order valence-corrected chi connectivity index (χ1v) is 9.63. The second-order valence-corrected chi connectivity index (χ2v) is 7.32. The zero-order valence-electron chi connectivity index (χ0n) is 15.7. The number of carbonyl (C=O) groups is 2. The van der Waals surface area contributed by atoms with Crippen LogP contribution in [0.5, 0.6) is 0 Å². The smallest absolute Gasteiger partial charge is 0.308 e. The van der Waals surface area contributed by atoms with Gasteiger partial charge in [-0.25, -0.2) is 0 Å². The standard InChI is InChI=1S/C22H24N2O4/c25-21(17-6-8-18(9-7-17)23-10-12-28-13-11-23)24-14-19(20(15-24)22(26)27)16-4-2-1-3-5-16/h1-9,19-20H,10-15H2,(H,26,27)/t19-,20-/m1/s1. The maximum absolute atomic E-state index is 13.0. The lowest BCUT2D eigenvalue weighted by Gasteiger charge is -2.29. The van der Waals surface area contributed by atoms with Gasteiger partial charge in [-0.05, 0) is 29.8 Å². The molecule has 6 nitrogen and oxygen atoms in total. The van der Waals surface area contributed by atoms with E-state index in [-0.39, 0.29) is 18.4 Å².